The molecule has 2 nitrogen and oxygen atoms in total. The number of halogens is 4. The van der Waals surface area contributed by atoms with Gasteiger partial charge in [-0.2, -0.15) is 0 Å². The number of aryl methyl sites for hydroxylation is 1. The lowest BCUT2D eigenvalue weighted by Crippen LogP contribution is -2.06. The molecule has 96 valence electrons. The molecule has 0 atom stereocenters. The Morgan fingerprint density at radius 2 is 1.72 bits per heavy atom. The smallest absolute Gasteiger partial charge is 0.185 e. The Balaban J connectivity index is 2.24. The van der Waals surface area contributed by atoms with E-state index in [2.05, 4.69) is 5.32 Å². The highest BCUT2D eigenvalue weighted by Crippen LogP contribution is 2.24. The van der Waals surface area contributed by atoms with Gasteiger partial charge in [0.15, 0.2) is 23.3 Å². The van der Waals surface area contributed by atoms with E-state index in [4.69, 9.17) is 0 Å². The Bertz CT molecular complexity index is 551. The van der Waals surface area contributed by atoms with Crippen molar-refractivity contribution in [3.8, 4) is 0 Å². The van der Waals surface area contributed by atoms with Crippen molar-refractivity contribution in [2.45, 2.75) is 6.54 Å². The third-order valence-corrected chi connectivity index (χ3v) is 2.47. The number of hydrogen-bond acceptors (Lipinski definition) is 1. The van der Waals surface area contributed by atoms with Gasteiger partial charge in [0.25, 0.3) is 0 Å². The second kappa shape index (κ2) is 4.72. The van der Waals surface area contributed by atoms with E-state index in [1.54, 1.807) is 30.1 Å². The lowest BCUT2D eigenvalue weighted by Gasteiger charge is -2.09. The molecule has 2 rings (SSSR count). The molecule has 0 unspecified atom stereocenters. The van der Waals surface area contributed by atoms with E-state index in [1.165, 1.54) is 0 Å². The molecule has 18 heavy (non-hydrogen) atoms. The average molecular weight is 258 g/mol. The number of nitrogens with one attached hydrogen (secondary N) is 1. The van der Waals surface area contributed by atoms with Crippen molar-refractivity contribution in [2.75, 3.05) is 5.32 Å². The number of nitrogens with zero attached hydrogens (tertiary/aromatic N) is 1. The van der Waals surface area contributed by atoms with Crippen LogP contribution in [-0.4, -0.2) is 4.57 Å². The summed E-state index contributed by atoms with van der Waals surface area (Å²) >= 11 is 0. The molecular formula is C12H10F4N2. The number of benzene rings is 1. The zero-order valence-electron chi connectivity index (χ0n) is 9.48. The molecule has 2 aromatic rings. The van der Waals surface area contributed by atoms with Crippen molar-refractivity contribution in [1.82, 2.24) is 4.57 Å². The quantitative estimate of drug-likeness (QED) is 0.661. The predicted molar refractivity (Wildman–Crippen MR) is 59.0 cm³/mol. The zero-order valence-corrected chi connectivity index (χ0v) is 9.48. The zero-order chi connectivity index (χ0) is 13.3. The first-order valence-electron chi connectivity index (χ1n) is 5.16. The van der Waals surface area contributed by atoms with Crippen molar-refractivity contribution in [3.63, 3.8) is 0 Å². The molecule has 1 aromatic heterocycles. The van der Waals surface area contributed by atoms with Crippen LogP contribution in [0.4, 0.5) is 23.2 Å². The Morgan fingerprint density at radius 3 is 2.22 bits per heavy atom. The Hall–Kier alpha value is -1.98. The molecule has 0 fully saturated rings. The van der Waals surface area contributed by atoms with Gasteiger partial charge in [-0.1, -0.05) is 0 Å². The highest BCUT2D eigenvalue weighted by molar-refractivity contribution is 5.47. The van der Waals surface area contributed by atoms with Crippen LogP contribution in [0.2, 0.25) is 0 Å². The second-order valence-corrected chi connectivity index (χ2v) is 3.88. The molecule has 0 bridgehead atoms. The van der Waals surface area contributed by atoms with Crippen molar-refractivity contribution < 1.29 is 17.6 Å². The highest BCUT2D eigenvalue weighted by atomic mass is 19.2. The van der Waals surface area contributed by atoms with Crippen LogP contribution in [0.5, 0.6) is 0 Å². The lowest BCUT2D eigenvalue weighted by atomic mass is 10.2. The van der Waals surface area contributed by atoms with Gasteiger partial charge in [-0.05, 0) is 11.6 Å². The summed E-state index contributed by atoms with van der Waals surface area (Å²) in [4.78, 5) is 0. The van der Waals surface area contributed by atoms with Crippen LogP contribution in [0.25, 0.3) is 0 Å². The molecule has 0 aliphatic carbocycles. The molecule has 6 heteroatoms. The fraction of sp³-hybridized carbons (Fsp3) is 0.167. The molecule has 0 radical (unpaired) electrons. The molecule has 0 spiro atoms. The second-order valence-electron chi connectivity index (χ2n) is 3.88. The lowest BCUT2D eigenvalue weighted by molar-refractivity contribution is 0.458. The topological polar surface area (TPSA) is 17.0 Å². The van der Waals surface area contributed by atoms with Gasteiger partial charge in [0, 0.05) is 32.1 Å². The first-order chi connectivity index (χ1) is 8.49. The summed E-state index contributed by atoms with van der Waals surface area (Å²) in [7, 11) is 1.78. The molecular weight excluding hydrogens is 248 g/mol. The van der Waals surface area contributed by atoms with E-state index in [1.807, 2.05) is 0 Å². The standard InChI is InChI=1S/C12H10F4N2/c1-18-3-2-7(6-18)5-17-12-10(15)8(13)4-9(14)11(12)16/h2-4,6,17H,5H2,1H3. The van der Waals surface area contributed by atoms with E-state index in [-0.39, 0.29) is 12.6 Å². The summed E-state index contributed by atoms with van der Waals surface area (Å²) in [5, 5.41) is 2.35. The number of aromatic nitrogens is 1. The first kappa shape index (κ1) is 12.5. The summed E-state index contributed by atoms with van der Waals surface area (Å²) in [5.41, 5.74) is -0.0580. The summed E-state index contributed by atoms with van der Waals surface area (Å²) in [6.07, 6.45) is 3.47. The third kappa shape index (κ3) is 2.32. The minimum atomic E-state index is -1.43. The highest BCUT2D eigenvalue weighted by Gasteiger charge is 2.18. The molecule has 1 aromatic carbocycles. The van der Waals surface area contributed by atoms with Crippen LogP contribution in [0, 0.1) is 23.3 Å². The van der Waals surface area contributed by atoms with E-state index >= 15 is 0 Å². The Morgan fingerprint density at radius 1 is 1.11 bits per heavy atom. The SMILES string of the molecule is Cn1ccc(CNc2c(F)c(F)cc(F)c2F)c1. The molecule has 1 heterocycles. The van der Waals surface area contributed by atoms with E-state index in [0.29, 0.717) is 0 Å². The van der Waals surface area contributed by atoms with Gasteiger partial charge in [-0.25, -0.2) is 17.6 Å². The fourth-order valence-corrected chi connectivity index (χ4v) is 1.58. The van der Waals surface area contributed by atoms with Crippen molar-refractivity contribution in [3.05, 3.63) is 53.4 Å². The van der Waals surface area contributed by atoms with Gasteiger partial charge in [0.05, 0.1) is 0 Å². The maximum absolute atomic E-state index is 13.3. The summed E-state index contributed by atoms with van der Waals surface area (Å²) < 4.78 is 54.2. The summed E-state index contributed by atoms with van der Waals surface area (Å²) in [6, 6.07) is 1.90. The number of rotatable bonds is 3. The monoisotopic (exact) mass is 258 g/mol. The van der Waals surface area contributed by atoms with Crippen LogP contribution < -0.4 is 5.32 Å². The van der Waals surface area contributed by atoms with Crippen molar-refractivity contribution in [1.29, 1.82) is 0 Å². The maximum atomic E-state index is 13.3. The van der Waals surface area contributed by atoms with Crippen LogP contribution in [0.15, 0.2) is 24.5 Å². The molecule has 0 saturated heterocycles. The predicted octanol–water partition coefficient (Wildman–Crippen LogP) is 3.19. The molecule has 1 N–H and O–H groups in total. The van der Waals surface area contributed by atoms with Crippen molar-refractivity contribution >= 4 is 5.69 Å². The van der Waals surface area contributed by atoms with E-state index in [0.717, 1.165) is 5.56 Å². The van der Waals surface area contributed by atoms with Crippen molar-refractivity contribution in [2.24, 2.45) is 7.05 Å². The van der Waals surface area contributed by atoms with Crippen LogP contribution in [-0.2, 0) is 13.6 Å². The average Bonchev–Trinajstić information content (AvgIpc) is 2.73. The summed E-state index contributed by atoms with van der Waals surface area (Å²) in [6.45, 7) is 0.0670. The van der Waals surface area contributed by atoms with Gasteiger partial charge < -0.3 is 9.88 Å². The molecule has 0 aliphatic rings. The Kier molecular flexibility index (Phi) is 3.27. The molecule has 0 amide bonds. The Labute approximate surface area is 101 Å². The summed E-state index contributed by atoms with van der Waals surface area (Å²) in [5.74, 6) is -5.71. The minimum Gasteiger partial charge on any atom is -0.376 e. The third-order valence-electron chi connectivity index (χ3n) is 2.47. The first-order valence-corrected chi connectivity index (χ1v) is 5.16. The van der Waals surface area contributed by atoms with Crippen LogP contribution in [0.3, 0.4) is 0 Å². The van der Waals surface area contributed by atoms with E-state index in [9.17, 15) is 17.6 Å². The van der Waals surface area contributed by atoms with Gasteiger partial charge in [-0.3, -0.25) is 0 Å². The fourth-order valence-electron chi connectivity index (χ4n) is 1.58. The molecule has 0 aliphatic heterocycles. The number of anilines is 1. The molecule has 0 saturated carbocycles. The number of hydrogen-bond donors (Lipinski definition) is 1. The van der Waals surface area contributed by atoms with Gasteiger partial charge in [0.1, 0.15) is 5.69 Å². The van der Waals surface area contributed by atoms with Crippen LogP contribution in [0.1, 0.15) is 5.56 Å². The van der Waals surface area contributed by atoms with Gasteiger partial charge in [0.2, 0.25) is 0 Å². The van der Waals surface area contributed by atoms with Crippen LogP contribution >= 0.6 is 0 Å². The van der Waals surface area contributed by atoms with E-state index < -0.39 is 29.0 Å². The van der Waals surface area contributed by atoms with Gasteiger partial charge >= 0.3 is 0 Å². The normalized spacial score (nSPS) is 10.7. The minimum absolute atomic E-state index is 0.0670. The largest absolute Gasteiger partial charge is 0.376 e. The maximum Gasteiger partial charge on any atom is 0.185 e. The van der Waals surface area contributed by atoms with Gasteiger partial charge in [-0.15, -0.1) is 0 Å².